The Hall–Kier alpha value is -2.03. The van der Waals surface area contributed by atoms with Crippen molar-refractivity contribution in [2.75, 3.05) is 6.61 Å². The Morgan fingerprint density at radius 1 is 1.33 bits per heavy atom. The largest absolute Gasteiger partial charge is 0.494 e. The Morgan fingerprint density at radius 2 is 2.04 bits per heavy atom. The van der Waals surface area contributed by atoms with Crippen LogP contribution in [0.1, 0.15) is 26.7 Å². The van der Waals surface area contributed by atoms with E-state index in [1.165, 1.54) is 6.33 Å². The van der Waals surface area contributed by atoms with E-state index in [-0.39, 0.29) is 13.0 Å². The van der Waals surface area contributed by atoms with Gasteiger partial charge in [0, 0.05) is 11.4 Å². The van der Waals surface area contributed by atoms with E-state index >= 15 is 0 Å². The number of hydrogen-bond donors (Lipinski definition) is 1. The first-order chi connectivity index (χ1) is 11.4. The van der Waals surface area contributed by atoms with Gasteiger partial charge in [0.05, 0.1) is 13.2 Å². The minimum Gasteiger partial charge on any atom is -0.494 e. The zero-order chi connectivity index (χ0) is 17.6. The van der Waals surface area contributed by atoms with Crippen molar-refractivity contribution in [3.63, 3.8) is 0 Å². The van der Waals surface area contributed by atoms with Crippen molar-refractivity contribution in [2.45, 2.75) is 38.8 Å². The molecule has 1 heterocycles. The maximum absolute atomic E-state index is 11.1. The highest BCUT2D eigenvalue weighted by Gasteiger charge is 2.43. The number of aromatic nitrogens is 3. The zero-order valence-electron chi connectivity index (χ0n) is 13.9. The molecule has 0 aliphatic heterocycles. The van der Waals surface area contributed by atoms with Gasteiger partial charge in [0.15, 0.2) is 0 Å². The summed E-state index contributed by atoms with van der Waals surface area (Å²) in [5, 5.41) is 15.9. The molecular weight excluding hydrogens is 326 g/mol. The molecule has 0 spiro atoms. The fraction of sp³-hybridized carbons (Fsp3) is 0.444. The highest BCUT2D eigenvalue weighted by Crippen LogP contribution is 2.38. The molecule has 0 aliphatic rings. The van der Waals surface area contributed by atoms with Crippen LogP contribution in [0.4, 0.5) is 0 Å². The maximum atomic E-state index is 11.1. The molecule has 1 aromatic carbocycles. The van der Waals surface area contributed by atoms with Crippen molar-refractivity contribution in [1.29, 1.82) is 0 Å². The van der Waals surface area contributed by atoms with Crippen molar-refractivity contribution in [1.82, 2.24) is 14.8 Å². The molecule has 6 heteroatoms. The summed E-state index contributed by atoms with van der Waals surface area (Å²) in [4.78, 5) is 3.91. The first-order valence-corrected chi connectivity index (χ1v) is 8.11. The normalized spacial score (nSPS) is 14.0. The fourth-order valence-electron chi connectivity index (χ4n) is 2.45. The Kier molecular flexibility index (Phi) is 5.87. The number of aliphatic hydroxyl groups is 1. The Bertz CT molecular complexity index is 677. The summed E-state index contributed by atoms with van der Waals surface area (Å²) in [5.74, 6) is 3.32. The fourth-order valence-corrected chi connectivity index (χ4v) is 2.57. The molecule has 1 unspecified atom stereocenters. The van der Waals surface area contributed by atoms with Gasteiger partial charge < -0.3 is 9.84 Å². The number of hydrogen-bond acceptors (Lipinski definition) is 4. The molecule has 1 N–H and O–H groups in total. The second kappa shape index (κ2) is 7.69. The number of ether oxygens (including phenoxy) is 1. The van der Waals surface area contributed by atoms with Crippen molar-refractivity contribution >= 4 is 11.6 Å². The third-order valence-corrected chi connectivity index (χ3v) is 4.61. The van der Waals surface area contributed by atoms with Gasteiger partial charge in [-0.15, -0.1) is 12.3 Å². The van der Waals surface area contributed by atoms with Gasteiger partial charge >= 0.3 is 0 Å². The van der Waals surface area contributed by atoms with Crippen LogP contribution in [0.3, 0.4) is 0 Å². The van der Waals surface area contributed by atoms with Crippen LogP contribution in [0.2, 0.25) is 5.02 Å². The van der Waals surface area contributed by atoms with E-state index in [9.17, 15) is 5.11 Å². The summed E-state index contributed by atoms with van der Waals surface area (Å²) in [6.07, 6.45) is 9.33. The van der Waals surface area contributed by atoms with Crippen molar-refractivity contribution < 1.29 is 9.84 Å². The molecular formula is C18H22ClN3O2. The highest BCUT2D eigenvalue weighted by molar-refractivity contribution is 6.30. The molecule has 2 aromatic rings. The van der Waals surface area contributed by atoms with Crippen LogP contribution in [0.15, 0.2) is 36.9 Å². The molecule has 0 aliphatic carbocycles. The number of rotatable bonds is 8. The van der Waals surface area contributed by atoms with Crippen LogP contribution in [0.25, 0.3) is 0 Å². The van der Waals surface area contributed by atoms with Crippen LogP contribution in [-0.4, -0.2) is 32.1 Å². The number of halogens is 1. The molecule has 0 amide bonds. The van der Waals surface area contributed by atoms with Gasteiger partial charge in [0.2, 0.25) is 0 Å². The topological polar surface area (TPSA) is 60.2 Å². The van der Waals surface area contributed by atoms with E-state index in [0.717, 1.165) is 5.75 Å². The van der Waals surface area contributed by atoms with Gasteiger partial charge in [-0.05, 0) is 36.1 Å². The number of benzene rings is 1. The summed E-state index contributed by atoms with van der Waals surface area (Å²) in [7, 11) is 0. The predicted molar refractivity (Wildman–Crippen MR) is 93.8 cm³/mol. The Morgan fingerprint density at radius 3 is 2.62 bits per heavy atom. The lowest BCUT2D eigenvalue weighted by atomic mass is 9.71. The highest BCUT2D eigenvalue weighted by atomic mass is 35.5. The van der Waals surface area contributed by atoms with E-state index in [0.29, 0.717) is 18.1 Å². The standard InChI is InChI=1S/C18H22ClN3O2/c1-4-9-18(23,12-22-14-20-13-21-22)17(2,3)10-11-24-16-7-5-15(19)6-8-16/h1,5-8,13-14,23H,9-12H2,2-3H3. The van der Waals surface area contributed by atoms with Crippen LogP contribution >= 0.6 is 11.6 Å². The first kappa shape index (κ1) is 18.3. The molecule has 128 valence electrons. The molecule has 1 aromatic heterocycles. The lowest BCUT2D eigenvalue weighted by Crippen LogP contribution is -2.48. The van der Waals surface area contributed by atoms with Crippen LogP contribution in [-0.2, 0) is 6.54 Å². The summed E-state index contributed by atoms with van der Waals surface area (Å²) in [6.45, 7) is 4.70. The maximum Gasteiger partial charge on any atom is 0.137 e. The molecule has 2 rings (SSSR count). The average molecular weight is 348 g/mol. The third kappa shape index (κ3) is 4.50. The second-order valence-electron chi connectivity index (χ2n) is 6.44. The summed E-state index contributed by atoms with van der Waals surface area (Å²) in [6, 6.07) is 7.19. The van der Waals surface area contributed by atoms with Gasteiger partial charge in [0.1, 0.15) is 24.0 Å². The number of nitrogens with zero attached hydrogens (tertiary/aromatic N) is 3. The summed E-state index contributed by atoms with van der Waals surface area (Å²) < 4.78 is 7.35. The van der Waals surface area contributed by atoms with Gasteiger partial charge in [-0.1, -0.05) is 25.4 Å². The average Bonchev–Trinajstić information content (AvgIpc) is 3.02. The first-order valence-electron chi connectivity index (χ1n) is 7.73. The Labute approximate surface area is 147 Å². The van der Waals surface area contributed by atoms with E-state index in [1.54, 1.807) is 23.1 Å². The van der Waals surface area contributed by atoms with E-state index in [1.807, 2.05) is 26.0 Å². The minimum absolute atomic E-state index is 0.223. The van der Waals surface area contributed by atoms with Crippen LogP contribution in [0.5, 0.6) is 5.75 Å². The molecule has 24 heavy (non-hydrogen) atoms. The second-order valence-corrected chi connectivity index (χ2v) is 6.88. The van der Waals surface area contributed by atoms with Crippen molar-refractivity contribution in [2.24, 2.45) is 5.41 Å². The molecule has 0 fully saturated rings. The molecule has 5 nitrogen and oxygen atoms in total. The predicted octanol–water partition coefficient (Wildman–Crippen LogP) is 3.18. The third-order valence-electron chi connectivity index (χ3n) is 4.35. The molecule has 1 atom stereocenters. The van der Waals surface area contributed by atoms with E-state index in [2.05, 4.69) is 16.0 Å². The van der Waals surface area contributed by atoms with Crippen molar-refractivity contribution in [3.8, 4) is 18.1 Å². The number of terminal acetylenes is 1. The van der Waals surface area contributed by atoms with Gasteiger partial charge in [0.25, 0.3) is 0 Å². The van der Waals surface area contributed by atoms with E-state index < -0.39 is 11.0 Å². The van der Waals surface area contributed by atoms with Gasteiger partial charge in [-0.25, -0.2) is 4.98 Å². The molecule has 0 saturated heterocycles. The van der Waals surface area contributed by atoms with Crippen LogP contribution in [0, 0.1) is 17.8 Å². The quantitative estimate of drug-likeness (QED) is 0.745. The Balaban J connectivity index is 2.01. The smallest absolute Gasteiger partial charge is 0.137 e. The monoisotopic (exact) mass is 347 g/mol. The molecule has 0 bridgehead atoms. The van der Waals surface area contributed by atoms with Crippen LogP contribution < -0.4 is 4.74 Å². The summed E-state index contributed by atoms with van der Waals surface area (Å²) >= 11 is 5.86. The molecule has 0 radical (unpaired) electrons. The zero-order valence-corrected chi connectivity index (χ0v) is 14.7. The molecule has 0 saturated carbocycles. The minimum atomic E-state index is -1.11. The SMILES string of the molecule is C#CCC(O)(Cn1cncn1)C(C)(C)CCOc1ccc(Cl)cc1. The van der Waals surface area contributed by atoms with E-state index in [4.69, 9.17) is 22.8 Å². The lowest BCUT2D eigenvalue weighted by Gasteiger charge is -2.41. The van der Waals surface area contributed by atoms with Gasteiger partial charge in [-0.2, -0.15) is 5.10 Å². The van der Waals surface area contributed by atoms with Crippen molar-refractivity contribution in [3.05, 3.63) is 41.9 Å². The van der Waals surface area contributed by atoms with Gasteiger partial charge in [-0.3, -0.25) is 4.68 Å². The lowest BCUT2D eigenvalue weighted by molar-refractivity contribution is -0.0861. The summed E-state index contributed by atoms with van der Waals surface area (Å²) in [5.41, 5.74) is -1.59.